The molecular weight excluding hydrogens is 442 g/mol. The van der Waals surface area contributed by atoms with Crippen molar-refractivity contribution in [2.75, 3.05) is 10.1 Å². The van der Waals surface area contributed by atoms with E-state index in [1.807, 2.05) is 6.92 Å². The van der Waals surface area contributed by atoms with Crippen molar-refractivity contribution in [3.8, 4) is 0 Å². The number of nitro benzene ring substituents is 1. The Kier molecular flexibility index (Phi) is 6.49. The summed E-state index contributed by atoms with van der Waals surface area (Å²) >= 11 is 0. The van der Waals surface area contributed by atoms with E-state index in [-0.39, 0.29) is 5.69 Å². The molecule has 0 saturated heterocycles. The van der Waals surface area contributed by atoms with Crippen molar-refractivity contribution < 1.29 is 22.1 Å². The van der Waals surface area contributed by atoms with E-state index in [2.05, 4.69) is 15.2 Å². The van der Waals surface area contributed by atoms with Crippen molar-refractivity contribution in [1.29, 1.82) is 0 Å². The molecule has 0 saturated carbocycles. The van der Waals surface area contributed by atoms with Crippen LogP contribution in [0.2, 0.25) is 0 Å². The second-order valence-corrected chi connectivity index (χ2v) is 8.52. The standard InChI is InChI=1S/C21H18F2N4O4S/c1-13-6-8-19(14(2)10-13)26-32(30,31)21-11-15(27(28)29)7-9-20(21)25-24-12-16-17(22)4-3-5-18(16)23/h3-12,25-26H,1-2H3/b24-12+. The number of nitrogens with zero attached hydrogens (tertiary/aromatic N) is 2. The molecule has 0 aromatic heterocycles. The minimum absolute atomic E-state index is 0.124. The molecule has 2 N–H and O–H groups in total. The van der Waals surface area contributed by atoms with E-state index in [1.165, 1.54) is 6.07 Å². The summed E-state index contributed by atoms with van der Waals surface area (Å²) < 4.78 is 56.0. The second kappa shape index (κ2) is 9.10. The predicted molar refractivity (Wildman–Crippen MR) is 117 cm³/mol. The lowest BCUT2D eigenvalue weighted by atomic mass is 10.1. The Morgan fingerprint density at radius 3 is 2.28 bits per heavy atom. The smallest absolute Gasteiger partial charge is 0.270 e. The maximum Gasteiger partial charge on any atom is 0.270 e. The van der Waals surface area contributed by atoms with Crippen LogP contribution in [0, 0.1) is 35.6 Å². The zero-order valence-electron chi connectivity index (χ0n) is 17.0. The van der Waals surface area contributed by atoms with Crippen LogP contribution in [0.15, 0.2) is 64.6 Å². The highest BCUT2D eigenvalue weighted by molar-refractivity contribution is 7.92. The molecule has 3 rings (SSSR count). The Balaban J connectivity index is 1.99. The number of hydrazone groups is 1. The molecule has 0 aliphatic heterocycles. The summed E-state index contributed by atoms with van der Waals surface area (Å²) in [7, 11) is -4.29. The largest absolute Gasteiger partial charge is 0.279 e. The molecule has 3 aromatic rings. The highest BCUT2D eigenvalue weighted by atomic mass is 32.2. The van der Waals surface area contributed by atoms with Gasteiger partial charge in [-0.2, -0.15) is 5.10 Å². The van der Waals surface area contributed by atoms with E-state index in [0.29, 0.717) is 11.3 Å². The molecule has 0 bridgehead atoms. The fourth-order valence-corrected chi connectivity index (χ4v) is 4.18. The van der Waals surface area contributed by atoms with Crippen molar-refractivity contribution in [2.45, 2.75) is 18.7 Å². The summed E-state index contributed by atoms with van der Waals surface area (Å²) in [5.74, 6) is -1.72. The van der Waals surface area contributed by atoms with Gasteiger partial charge in [0.2, 0.25) is 0 Å². The monoisotopic (exact) mass is 460 g/mol. The summed E-state index contributed by atoms with van der Waals surface area (Å²) in [6, 6.07) is 11.4. The minimum atomic E-state index is -4.29. The number of hydrogen-bond donors (Lipinski definition) is 2. The highest BCUT2D eigenvalue weighted by Gasteiger charge is 2.23. The van der Waals surface area contributed by atoms with Gasteiger partial charge in [-0.25, -0.2) is 17.2 Å². The van der Waals surface area contributed by atoms with Crippen LogP contribution >= 0.6 is 0 Å². The van der Waals surface area contributed by atoms with Gasteiger partial charge in [-0.1, -0.05) is 23.8 Å². The van der Waals surface area contributed by atoms with E-state index >= 15 is 0 Å². The van der Waals surface area contributed by atoms with Crippen molar-refractivity contribution >= 4 is 33.3 Å². The SMILES string of the molecule is Cc1ccc(NS(=O)(=O)c2cc([N+](=O)[O-])ccc2N/N=C/c2c(F)cccc2F)c(C)c1. The van der Waals surface area contributed by atoms with Gasteiger partial charge in [0.25, 0.3) is 15.7 Å². The third kappa shape index (κ3) is 5.06. The van der Waals surface area contributed by atoms with Crippen LogP contribution in [0.5, 0.6) is 0 Å². The number of non-ortho nitro benzene ring substituents is 1. The van der Waals surface area contributed by atoms with E-state index in [9.17, 15) is 27.3 Å². The van der Waals surface area contributed by atoms with E-state index in [0.717, 1.165) is 42.1 Å². The number of halogens is 2. The molecule has 0 heterocycles. The van der Waals surface area contributed by atoms with Crippen molar-refractivity contribution in [1.82, 2.24) is 0 Å². The van der Waals surface area contributed by atoms with Gasteiger partial charge in [-0.05, 0) is 43.7 Å². The molecule has 0 aliphatic carbocycles. The molecule has 0 aliphatic rings. The lowest BCUT2D eigenvalue weighted by molar-refractivity contribution is -0.385. The van der Waals surface area contributed by atoms with Crippen LogP contribution in [0.4, 0.5) is 25.8 Å². The van der Waals surface area contributed by atoms with Crippen LogP contribution in [0.3, 0.4) is 0 Å². The van der Waals surface area contributed by atoms with Crippen LogP contribution in [-0.4, -0.2) is 19.6 Å². The number of rotatable bonds is 7. The van der Waals surface area contributed by atoms with Gasteiger partial charge in [-0.3, -0.25) is 20.3 Å². The first-order chi connectivity index (χ1) is 15.1. The Morgan fingerprint density at radius 1 is 1.00 bits per heavy atom. The molecule has 0 fully saturated rings. The lowest BCUT2D eigenvalue weighted by Crippen LogP contribution is -2.16. The fraction of sp³-hybridized carbons (Fsp3) is 0.0952. The zero-order valence-corrected chi connectivity index (χ0v) is 17.8. The Morgan fingerprint density at radius 2 is 1.66 bits per heavy atom. The number of sulfonamides is 1. The molecule has 0 amide bonds. The molecule has 0 spiro atoms. The molecule has 0 atom stereocenters. The summed E-state index contributed by atoms with van der Waals surface area (Å²) in [4.78, 5) is 9.97. The maximum atomic E-state index is 13.8. The number of benzene rings is 3. The molecule has 166 valence electrons. The molecule has 0 unspecified atom stereocenters. The Labute approximate surface area is 182 Å². The molecule has 3 aromatic carbocycles. The van der Waals surface area contributed by atoms with Crippen molar-refractivity contribution in [3.63, 3.8) is 0 Å². The first-order valence-electron chi connectivity index (χ1n) is 9.20. The molecular formula is C21H18F2N4O4S. The van der Waals surface area contributed by atoms with E-state index in [4.69, 9.17) is 0 Å². The summed E-state index contributed by atoms with van der Waals surface area (Å²) in [6.45, 7) is 3.56. The van der Waals surface area contributed by atoms with Crippen molar-refractivity contribution in [2.24, 2.45) is 5.10 Å². The summed E-state index contributed by atoms with van der Waals surface area (Å²) in [6.07, 6.45) is 0.847. The van der Waals surface area contributed by atoms with E-state index in [1.54, 1.807) is 25.1 Å². The third-order valence-electron chi connectivity index (χ3n) is 4.47. The Bertz CT molecular complexity index is 1310. The van der Waals surface area contributed by atoms with Crippen LogP contribution in [-0.2, 0) is 10.0 Å². The first kappa shape index (κ1) is 22.8. The van der Waals surface area contributed by atoms with Crippen LogP contribution in [0.25, 0.3) is 0 Å². The fourth-order valence-electron chi connectivity index (χ4n) is 2.87. The van der Waals surface area contributed by atoms with Gasteiger partial charge in [0, 0.05) is 12.1 Å². The van der Waals surface area contributed by atoms with Crippen LogP contribution < -0.4 is 10.1 Å². The normalized spacial score (nSPS) is 11.5. The number of nitrogens with one attached hydrogen (secondary N) is 2. The highest BCUT2D eigenvalue weighted by Crippen LogP contribution is 2.29. The first-order valence-corrected chi connectivity index (χ1v) is 10.7. The van der Waals surface area contributed by atoms with E-state index < -0.39 is 42.7 Å². The van der Waals surface area contributed by atoms with Gasteiger partial charge >= 0.3 is 0 Å². The lowest BCUT2D eigenvalue weighted by Gasteiger charge is -2.14. The number of nitro groups is 1. The van der Waals surface area contributed by atoms with Crippen molar-refractivity contribution in [3.05, 3.63) is 93.0 Å². The number of anilines is 2. The van der Waals surface area contributed by atoms with Gasteiger partial charge in [-0.15, -0.1) is 0 Å². The molecule has 11 heteroatoms. The van der Waals surface area contributed by atoms with Gasteiger partial charge in [0.1, 0.15) is 16.5 Å². The Hall–Kier alpha value is -3.86. The predicted octanol–water partition coefficient (Wildman–Crippen LogP) is 4.74. The summed E-state index contributed by atoms with van der Waals surface area (Å²) in [5.41, 5.74) is 3.26. The van der Waals surface area contributed by atoms with Gasteiger partial charge in [0.15, 0.2) is 0 Å². The van der Waals surface area contributed by atoms with Gasteiger partial charge in [0.05, 0.1) is 28.1 Å². The second-order valence-electron chi connectivity index (χ2n) is 6.87. The third-order valence-corrected chi connectivity index (χ3v) is 5.88. The summed E-state index contributed by atoms with van der Waals surface area (Å²) in [5, 5.41) is 14.9. The average molecular weight is 460 g/mol. The maximum absolute atomic E-state index is 13.8. The average Bonchev–Trinajstić information content (AvgIpc) is 2.72. The molecule has 0 radical (unpaired) electrons. The molecule has 32 heavy (non-hydrogen) atoms. The number of aryl methyl sites for hydroxylation is 2. The number of hydrogen-bond acceptors (Lipinski definition) is 6. The zero-order chi connectivity index (χ0) is 23.5. The molecule has 8 nitrogen and oxygen atoms in total. The quantitative estimate of drug-likeness (QED) is 0.300. The van der Waals surface area contributed by atoms with Crippen LogP contribution in [0.1, 0.15) is 16.7 Å². The van der Waals surface area contributed by atoms with Gasteiger partial charge < -0.3 is 0 Å². The minimum Gasteiger partial charge on any atom is -0.279 e. The topological polar surface area (TPSA) is 114 Å².